The lowest BCUT2D eigenvalue weighted by molar-refractivity contribution is 0.0694. The van der Waals surface area contributed by atoms with Crippen molar-refractivity contribution in [2.75, 3.05) is 20.2 Å². The first-order chi connectivity index (χ1) is 16.1. The molecule has 0 aliphatic carbocycles. The minimum absolute atomic E-state index is 0.0583. The van der Waals surface area contributed by atoms with Gasteiger partial charge in [0.1, 0.15) is 11.6 Å². The van der Waals surface area contributed by atoms with Gasteiger partial charge in [0.15, 0.2) is 11.5 Å². The Balaban J connectivity index is 1.21. The fourth-order valence-electron chi connectivity index (χ4n) is 3.88. The van der Waals surface area contributed by atoms with E-state index in [4.69, 9.17) is 13.8 Å². The van der Waals surface area contributed by atoms with Crippen LogP contribution in [0.3, 0.4) is 0 Å². The number of rotatable bonds is 5. The van der Waals surface area contributed by atoms with Crippen molar-refractivity contribution in [1.82, 2.24) is 20.2 Å². The summed E-state index contributed by atoms with van der Waals surface area (Å²) in [5.74, 6) is 1.79. The molecular weight excluding hydrogens is 427 g/mol. The van der Waals surface area contributed by atoms with E-state index in [1.54, 1.807) is 30.2 Å². The van der Waals surface area contributed by atoms with Gasteiger partial charge in [0.2, 0.25) is 11.7 Å². The normalized spacial score (nSPS) is 14.4. The molecule has 0 bridgehead atoms. The Kier molecular flexibility index (Phi) is 5.60. The maximum Gasteiger partial charge on any atom is 0.276 e. The Bertz CT molecular complexity index is 1240. The maximum absolute atomic E-state index is 13.1. The number of benzene rings is 2. The minimum Gasteiger partial charge on any atom is -0.497 e. The lowest BCUT2D eigenvalue weighted by Gasteiger charge is -2.29. The monoisotopic (exact) mass is 448 g/mol. The van der Waals surface area contributed by atoms with Gasteiger partial charge in [-0.3, -0.25) is 4.79 Å². The summed E-state index contributed by atoms with van der Waals surface area (Å²) < 4.78 is 29.1. The van der Waals surface area contributed by atoms with Crippen LogP contribution in [0.1, 0.15) is 35.1 Å². The number of ether oxygens (including phenoxy) is 1. The SMILES string of the molecule is COc1ccc(-c2cc(C(=O)N3CCC(c4nc(-c5ccc(F)cc5)no4)CC3)no2)cc1. The summed E-state index contributed by atoms with van der Waals surface area (Å²) in [6, 6.07) is 15.0. The molecule has 1 aliphatic heterocycles. The molecule has 0 radical (unpaired) electrons. The Morgan fingerprint density at radius 2 is 1.70 bits per heavy atom. The van der Waals surface area contributed by atoms with Gasteiger partial charge >= 0.3 is 0 Å². The van der Waals surface area contributed by atoms with Crippen LogP contribution in [0.15, 0.2) is 63.6 Å². The number of hydrogen-bond acceptors (Lipinski definition) is 7. The van der Waals surface area contributed by atoms with E-state index in [1.165, 1.54) is 12.1 Å². The molecule has 0 spiro atoms. The third-order valence-corrected chi connectivity index (χ3v) is 5.78. The minimum atomic E-state index is -0.317. The maximum atomic E-state index is 13.1. The van der Waals surface area contributed by atoms with E-state index < -0.39 is 0 Å². The highest BCUT2D eigenvalue weighted by Crippen LogP contribution is 2.30. The van der Waals surface area contributed by atoms with Crippen LogP contribution in [0.2, 0.25) is 0 Å². The first kappa shape index (κ1) is 20.9. The van der Waals surface area contributed by atoms with Gasteiger partial charge in [-0.2, -0.15) is 4.98 Å². The van der Waals surface area contributed by atoms with E-state index in [9.17, 15) is 9.18 Å². The smallest absolute Gasteiger partial charge is 0.276 e. The number of carbonyl (C=O) groups is 1. The van der Waals surface area contributed by atoms with Crippen molar-refractivity contribution in [3.8, 4) is 28.5 Å². The van der Waals surface area contributed by atoms with Gasteiger partial charge < -0.3 is 18.7 Å². The molecular formula is C24H21FN4O4. The second-order valence-corrected chi connectivity index (χ2v) is 7.83. The topological polar surface area (TPSA) is 94.5 Å². The number of amides is 1. The summed E-state index contributed by atoms with van der Waals surface area (Å²) in [5.41, 5.74) is 1.78. The quantitative estimate of drug-likeness (QED) is 0.442. The number of nitrogens with zero attached hydrogens (tertiary/aromatic N) is 4. The van der Waals surface area contributed by atoms with E-state index in [0.717, 1.165) is 11.3 Å². The summed E-state index contributed by atoms with van der Waals surface area (Å²) in [4.78, 5) is 19.1. The van der Waals surface area contributed by atoms with E-state index in [2.05, 4.69) is 15.3 Å². The molecule has 0 unspecified atom stereocenters. The van der Waals surface area contributed by atoms with Crippen molar-refractivity contribution in [3.63, 3.8) is 0 Å². The molecule has 0 saturated carbocycles. The van der Waals surface area contributed by atoms with Gasteiger partial charge in [0, 0.05) is 36.2 Å². The summed E-state index contributed by atoms with van der Waals surface area (Å²) in [5, 5.41) is 7.98. The Morgan fingerprint density at radius 3 is 2.39 bits per heavy atom. The Labute approximate surface area is 189 Å². The van der Waals surface area contributed by atoms with E-state index in [-0.39, 0.29) is 23.3 Å². The summed E-state index contributed by atoms with van der Waals surface area (Å²) in [7, 11) is 1.60. The van der Waals surface area contributed by atoms with Crippen LogP contribution < -0.4 is 4.74 Å². The molecule has 1 aliphatic rings. The summed E-state index contributed by atoms with van der Waals surface area (Å²) in [6.07, 6.45) is 1.39. The molecule has 0 atom stereocenters. The Morgan fingerprint density at radius 1 is 1.00 bits per heavy atom. The zero-order valence-electron chi connectivity index (χ0n) is 17.9. The molecule has 8 nitrogen and oxygen atoms in total. The highest BCUT2D eigenvalue weighted by Gasteiger charge is 2.29. The molecule has 0 N–H and O–H groups in total. The number of piperidine rings is 1. The zero-order chi connectivity index (χ0) is 22.8. The van der Waals surface area contributed by atoms with E-state index >= 15 is 0 Å². The second kappa shape index (κ2) is 8.85. The van der Waals surface area contributed by atoms with Crippen LogP contribution in [0.4, 0.5) is 4.39 Å². The number of hydrogen-bond donors (Lipinski definition) is 0. The van der Waals surface area contributed by atoms with Crippen LogP contribution >= 0.6 is 0 Å². The molecule has 168 valence electrons. The van der Waals surface area contributed by atoms with Crippen molar-refractivity contribution in [3.05, 3.63) is 72.0 Å². The third-order valence-electron chi connectivity index (χ3n) is 5.78. The molecule has 9 heteroatoms. The van der Waals surface area contributed by atoms with Crippen molar-refractivity contribution in [1.29, 1.82) is 0 Å². The first-order valence-electron chi connectivity index (χ1n) is 10.6. The van der Waals surface area contributed by atoms with Crippen molar-refractivity contribution < 1.29 is 23.0 Å². The number of methoxy groups -OCH3 is 1. The number of likely N-dealkylation sites (tertiary alicyclic amines) is 1. The zero-order valence-corrected chi connectivity index (χ0v) is 17.9. The van der Waals surface area contributed by atoms with E-state index in [0.29, 0.717) is 49.0 Å². The second-order valence-electron chi connectivity index (χ2n) is 7.83. The highest BCUT2D eigenvalue weighted by atomic mass is 19.1. The van der Waals surface area contributed by atoms with Crippen LogP contribution in [0.25, 0.3) is 22.7 Å². The lowest BCUT2D eigenvalue weighted by atomic mass is 9.96. The summed E-state index contributed by atoms with van der Waals surface area (Å²) in [6.45, 7) is 1.09. The predicted octanol–water partition coefficient (Wildman–Crippen LogP) is 4.56. The average Bonchev–Trinajstić information content (AvgIpc) is 3.55. The van der Waals surface area contributed by atoms with Crippen LogP contribution in [-0.2, 0) is 0 Å². The predicted molar refractivity (Wildman–Crippen MR) is 116 cm³/mol. The lowest BCUT2D eigenvalue weighted by Crippen LogP contribution is -2.38. The van der Waals surface area contributed by atoms with Crippen molar-refractivity contribution >= 4 is 5.91 Å². The molecule has 5 rings (SSSR count). The number of halogens is 1. The third kappa shape index (κ3) is 4.34. The van der Waals surface area contributed by atoms with Crippen molar-refractivity contribution in [2.45, 2.75) is 18.8 Å². The molecule has 33 heavy (non-hydrogen) atoms. The first-order valence-corrected chi connectivity index (χ1v) is 10.6. The van der Waals surface area contributed by atoms with Crippen LogP contribution in [-0.4, -0.2) is 46.3 Å². The fourth-order valence-corrected chi connectivity index (χ4v) is 3.88. The van der Waals surface area contributed by atoms with E-state index in [1.807, 2.05) is 24.3 Å². The fraction of sp³-hybridized carbons (Fsp3) is 0.250. The standard InChI is InChI=1S/C24H21FN4O4/c1-31-19-8-4-15(5-9-19)21-14-20(27-32-21)24(30)29-12-10-17(11-13-29)23-26-22(28-33-23)16-2-6-18(25)7-3-16/h2-9,14,17H,10-13H2,1H3. The Hall–Kier alpha value is -4.01. The molecule has 2 aromatic carbocycles. The summed E-state index contributed by atoms with van der Waals surface area (Å²) >= 11 is 0. The molecule has 3 heterocycles. The highest BCUT2D eigenvalue weighted by molar-refractivity contribution is 5.93. The van der Waals surface area contributed by atoms with Crippen LogP contribution in [0.5, 0.6) is 5.75 Å². The largest absolute Gasteiger partial charge is 0.497 e. The van der Waals surface area contributed by atoms with Gasteiger partial charge in [0.05, 0.1) is 7.11 Å². The average molecular weight is 448 g/mol. The van der Waals surface area contributed by atoms with Gasteiger partial charge in [-0.25, -0.2) is 4.39 Å². The molecule has 1 saturated heterocycles. The van der Waals surface area contributed by atoms with Gasteiger partial charge in [-0.15, -0.1) is 0 Å². The molecule has 2 aromatic heterocycles. The van der Waals surface area contributed by atoms with Crippen molar-refractivity contribution in [2.24, 2.45) is 0 Å². The molecule has 1 fully saturated rings. The molecule has 4 aromatic rings. The number of aromatic nitrogens is 3. The molecule has 1 amide bonds. The van der Waals surface area contributed by atoms with Gasteiger partial charge in [0.25, 0.3) is 5.91 Å². The van der Waals surface area contributed by atoms with Crippen LogP contribution in [0, 0.1) is 5.82 Å². The van der Waals surface area contributed by atoms with Gasteiger partial charge in [-0.05, 0) is 61.4 Å². The number of carbonyl (C=O) groups excluding carboxylic acids is 1. The van der Waals surface area contributed by atoms with Gasteiger partial charge in [-0.1, -0.05) is 10.3 Å².